The Morgan fingerprint density at radius 1 is 1.58 bits per heavy atom. The molecule has 12 heavy (non-hydrogen) atoms. The molecular formula is C8H13N3S. The quantitative estimate of drug-likeness (QED) is 0.702. The molecule has 0 aliphatic heterocycles. The lowest BCUT2D eigenvalue weighted by Crippen LogP contribution is -2.15. The lowest BCUT2D eigenvalue weighted by Gasteiger charge is -1.99. The molecule has 1 aromatic heterocycles. The van der Waals surface area contributed by atoms with Crippen LogP contribution in [0.4, 0.5) is 0 Å². The first-order valence-electron chi connectivity index (χ1n) is 4.42. The molecule has 3 nitrogen and oxygen atoms in total. The van der Waals surface area contributed by atoms with Gasteiger partial charge in [-0.05, 0) is 30.4 Å². The molecule has 0 aromatic carbocycles. The van der Waals surface area contributed by atoms with Gasteiger partial charge < -0.3 is 5.32 Å². The molecular weight excluding hydrogens is 170 g/mol. The zero-order chi connectivity index (χ0) is 8.23. The van der Waals surface area contributed by atoms with Crippen LogP contribution in [-0.2, 0) is 6.54 Å². The number of hydrogen-bond donors (Lipinski definition) is 1. The van der Waals surface area contributed by atoms with Gasteiger partial charge in [0.25, 0.3) is 0 Å². The van der Waals surface area contributed by atoms with Crippen molar-refractivity contribution in [3.05, 3.63) is 11.1 Å². The van der Waals surface area contributed by atoms with Crippen LogP contribution in [0.5, 0.6) is 0 Å². The summed E-state index contributed by atoms with van der Waals surface area (Å²) in [6, 6.07) is 0. The molecule has 1 heterocycles. The highest BCUT2D eigenvalue weighted by Gasteiger charge is 2.19. The topological polar surface area (TPSA) is 37.8 Å². The normalized spacial score (nSPS) is 16.7. The van der Waals surface area contributed by atoms with E-state index in [4.69, 9.17) is 0 Å². The van der Waals surface area contributed by atoms with Gasteiger partial charge in [0, 0.05) is 11.9 Å². The number of aromatic nitrogens is 2. The molecule has 0 bridgehead atoms. The maximum absolute atomic E-state index is 3.95. The van der Waals surface area contributed by atoms with Crippen LogP contribution in [0, 0.1) is 5.92 Å². The van der Waals surface area contributed by atoms with Crippen molar-refractivity contribution in [2.45, 2.75) is 25.8 Å². The molecule has 4 heteroatoms. The minimum atomic E-state index is 0.878. The van der Waals surface area contributed by atoms with Crippen LogP contribution >= 0.6 is 11.5 Å². The van der Waals surface area contributed by atoms with Gasteiger partial charge in [-0.15, -0.1) is 5.10 Å². The largest absolute Gasteiger partial charge is 0.311 e. The first-order chi connectivity index (χ1) is 5.95. The van der Waals surface area contributed by atoms with Gasteiger partial charge in [-0.1, -0.05) is 17.3 Å². The van der Waals surface area contributed by atoms with Gasteiger partial charge in [0.15, 0.2) is 0 Å². The third-order valence-corrected chi connectivity index (χ3v) is 2.69. The lowest BCUT2D eigenvalue weighted by atomic mass is 10.3. The van der Waals surface area contributed by atoms with Gasteiger partial charge in [0.1, 0.15) is 0 Å². The molecule has 1 fully saturated rings. The summed E-state index contributed by atoms with van der Waals surface area (Å²) in [4.78, 5) is 0. The molecule has 1 saturated carbocycles. The number of nitrogens with one attached hydrogen (secondary N) is 1. The predicted octanol–water partition coefficient (Wildman–Crippen LogP) is 1.43. The van der Waals surface area contributed by atoms with Gasteiger partial charge in [-0.2, -0.15) is 0 Å². The van der Waals surface area contributed by atoms with E-state index in [1.807, 2.05) is 5.38 Å². The molecule has 1 aromatic rings. The minimum absolute atomic E-state index is 0.878. The molecule has 0 spiro atoms. The first-order valence-corrected chi connectivity index (χ1v) is 5.25. The van der Waals surface area contributed by atoms with E-state index in [2.05, 4.69) is 14.9 Å². The van der Waals surface area contributed by atoms with Crippen molar-refractivity contribution in [1.29, 1.82) is 0 Å². The second-order valence-corrected chi connectivity index (χ2v) is 3.91. The van der Waals surface area contributed by atoms with E-state index in [1.54, 1.807) is 0 Å². The molecule has 0 amide bonds. The Balaban J connectivity index is 1.56. The SMILES string of the molecule is c1snnc1CNCCC1CC1. The maximum Gasteiger partial charge on any atom is 0.0893 e. The Morgan fingerprint density at radius 2 is 2.50 bits per heavy atom. The van der Waals surface area contributed by atoms with Crippen LogP contribution in [0.25, 0.3) is 0 Å². The van der Waals surface area contributed by atoms with Crippen molar-refractivity contribution in [2.24, 2.45) is 5.92 Å². The highest BCUT2D eigenvalue weighted by atomic mass is 32.1. The fourth-order valence-corrected chi connectivity index (χ4v) is 1.64. The van der Waals surface area contributed by atoms with Crippen LogP contribution in [-0.4, -0.2) is 16.1 Å². The molecule has 2 rings (SSSR count). The molecule has 66 valence electrons. The Kier molecular flexibility index (Phi) is 2.68. The maximum atomic E-state index is 3.95. The van der Waals surface area contributed by atoms with Crippen LogP contribution in [0.15, 0.2) is 5.38 Å². The third kappa shape index (κ3) is 2.53. The zero-order valence-electron chi connectivity index (χ0n) is 6.99. The van der Waals surface area contributed by atoms with Gasteiger partial charge in [0.2, 0.25) is 0 Å². The van der Waals surface area contributed by atoms with Crippen molar-refractivity contribution in [1.82, 2.24) is 14.9 Å². The van der Waals surface area contributed by atoms with Crippen molar-refractivity contribution in [3.8, 4) is 0 Å². The highest BCUT2D eigenvalue weighted by molar-refractivity contribution is 7.03. The van der Waals surface area contributed by atoms with E-state index in [1.165, 1.54) is 30.8 Å². The number of hydrogen-bond acceptors (Lipinski definition) is 4. The smallest absolute Gasteiger partial charge is 0.0893 e. The summed E-state index contributed by atoms with van der Waals surface area (Å²) < 4.78 is 3.80. The second-order valence-electron chi connectivity index (χ2n) is 3.31. The summed E-state index contributed by atoms with van der Waals surface area (Å²) in [5.74, 6) is 1.02. The van der Waals surface area contributed by atoms with E-state index in [0.717, 1.165) is 24.7 Å². The summed E-state index contributed by atoms with van der Waals surface area (Å²) in [6.45, 7) is 2.01. The number of nitrogens with zero attached hydrogens (tertiary/aromatic N) is 2. The molecule has 0 atom stereocenters. The van der Waals surface area contributed by atoms with E-state index in [-0.39, 0.29) is 0 Å². The monoisotopic (exact) mass is 183 g/mol. The fourth-order valence-electron chi connectivity index (χ4n) is 1.19. The Morgan fingerprint density at radius 3 is 3.17 bits per heavy atom. The van der Waals surface area contributed by atoms with Gasteiger partial charge >= 0.3 is 0 Å². The summed E-state index contributed by atoms with van der Waals surface area (Å²) in [5, 5.41) is 9.31. The molecule has 1 aliphatic rings. The van der Waals surface area contributed by atoms with Crippen LogP contribution in [0.2, 0.25) is 0 Å². The van der Waals surface area contributed by atoms with Crippen LogP contribution < -0.4 is 5.32 Å². The Bertz CT molecular complexity index is 218. The molecule has 0 unspecified atom stereocenters. The van der Waals surface area contributed by atoms with E-state index >= 15 is 0 Å². The van der Waals surface area contributed by atoms with Crippen molar-refractivity contribution in [2.75, 3.05) is 6.54 Å². The fraction of sp³-hybridized carbons (Fsp3) is 0.750. The van der Waals surface area contributed by atoms with Crippen molar-refractivity contribution >= 4 is 11.5 Å². The highest BCUT2D eigenvalue weighted by Crippen LogP contribution is 2.31. The van der Waals surface area contributed by atoms with Gasteiger partial charge in [0.05, 0.1) is 5.69 Å². The third-order valence-electron chi connectivity index (χ3n) is 2.14. The number of rotatable bonds is 5. The van der Waals surface area contributed by atoms with E-state index < -0.39 is 0 Å². The summed E-state index contributed by atoms with van der Waals surface area (Å²) in [6.07, 6.45) is 4.22. The van der Waals surface area contributed by atoms with Gasteiger partial charge in [-0.25, -0.2) is 0 Å². The molecule has 0 radical (unpaired) electrons. The van der Waals surface area contributed by atoms with Crippen LogP contribution in [0.3, 0.4) is 0 Å². The van der Waals surface area contributed by atoms with Crippen molar-refractivity contribution in [3.63, 3.8) is 0 Å². The van der Waals surface area contributed by atoms with Crippen molar-refractivity contribution < 1.29 is 0 Å². The average Bonchev–Trinajstić information content (AvgIpc) is 2.76. The molecule has 0 saturated heterocycles. The summed E-state index contributed by atoms with van der Waals surface area (Å²) in [5.41, 5.74) is 1.07. The standard InChI is InChI=1S/C8H13N3S/c1-2-7(1)3-4-9-5-8-6-12-11-10-8/h6-7,9H,1-5H2. The van der Waals surface area contributed by atoms with Gasteiger partial charge in [-0.3, -0.25) is 0 Å². The lowest BCUT2D eigenvalue weighted by molar-refractivity contribution is 0.606. The second kappa shape index (κ2) is 3.96. The van der Waals surface area contributed by atoms with Crippen LogP contribution in [0.1, 0.15) is 25.0 Å². The summed E-state index contributed by atoms with van der Waals surface area (Å²) in [7, 11) is 0. The average molecular weight is 183 g/mol. The Hall–Kier alpha value is -0.480. The zero-order valence-corrected chi connectivity index (χ0v) is 7.81. The Labute approximate surface area is 76.4 Å². The van der Waals surface area contributed by atoms with E-state index in [0.29, 0.717) is 0 Å². The summed E-state index contributed by atoms with van der Waals surface area (Å²) >= 11 is 1.42. The minimum Gasteiger partial charge on any atom is -0.311 e. The molecule has 1 aliphatic carbocycles. The molecule has 1 N–H and O–H groups in total. The first kappa shape index (κ1) is 8.13. The predicted molar refractivity (Wildman–Crippen MR) is 49.0 cm³/mol. The van der Waals surface area contributed by atoms with E-state index in [9.17, 15) is 0 Å².